The molecule has 2 bridgehead atoms. The van der Waals surface area contributed by atoms with Crippen LogP contribution in [0.4, 0.5) is 0 Å². The Balaban J connectivity index is 1.88. The standard InChI is InChI=1S/C9H15NO2S/c1-13(11,12)10-6-9-5-7-2-3-8(9)4-7/h2-3,7-10H,4-6H2,1H3/t7-,8+,9+/m1/s1. The van der Waals surface area contributed by atoms with Crippen molar-refractivity contribution in [3.05, 3.63) is 12.2 Å². The zero-order valence-corrected chi connectivity index (χ0v) is 8.55. The van der Waals surface area contributed by atoms with E-state index in [1.807, 2.05) is 0 Å². The van der Waals surface area contributed by atoms with Gasteiger partial charge in [-0.05, 0) is 30.6 Å². The molecule has 3 nitrogen and oxygen atoms in total. The van der Waals surface area contributed by atoms with E-state index < -0.39 is 10.0 Å². The van der Waals surface area contributed by atoms with Gasteiger partial charge >= 0.3 is 0 Å². The van der Waals surface area contributed by atoms with E-state index in [0.29, 0.717) is 18.4 Å². The molecular formula is C9H15NO2S. The smallest absolute Gasteiger partial charge is 0.208 e. The van der Waals surface area contributed by atoms with Crippen LogP contribution in [0.5, 0.6) is 0 Å². The summed E-state index contributed by atoms with van der Waals surface area (Å²) in [4.78, 5) is 0. The molecule has 0 heterocycles. The highest BCUT2D eigenvalue weighted by Crippen LogP contribution is 2.42. The van der Waals surface area contributed by atoms with Crippen LogP contribution in [0.3, 0.4) is 0 Å². The van der Waals surface area contributed by atoms with Gasteiger partial charge in [-0.25, -0.2) is 13.1 Å². The number of hydrogen-bond acceptors (Lipinski definition) is 2. The van der Waals surface area contributed by atoms with Gasteiger partial charge in [-0.2, -0.15) is 0 Å². The first-order valence-electron chi connectivity index (χ1n) is 4.67. The quantitative estimate of drug-likeness (QED) is 0.685. The first-order valence-corrected chi connectivity index (χ1v) is 6.57. The summed E-state index contributed by atoms with van der Waals surface area (Å²) in [6.45, 7) is 0.615. The number of fused-ring (bicyclic) bond motifs is 2. The van der Waals surface area contributed by atoms with E-state index in [-0.39, 0.29) is 0 Å². The maximum Gasteiger partial charge on any atom is 0.208 e. The van der Waals surface area contributed by atoms with Crippen LogP contribution < -0.4 is 4.72 Å². The molecule has 0 unspecified atom stereocenters. The van der Waals surface area contributed by atoms with Gasteiger partial charge in [0.1, 0.15) is 0 Å². The molecule has 0 aromatic carbocycles. The monoisotopic (exact) mass is 201 g/mol. The maximum atomic E-state index is 10.9. The minimum Gasteiger partial charge on any atom is -0.215 e. The Labute approximate surface area is 79.3 Å². The van der Waals surface area contributed by atoms with Crippen molar-refractivity contribution in [3.8, 4) is 0 Å². The Morgan fingerprint density at radius 1 is 1.38 bits per heavy atom. The molecule has 74 valence electrons. The molecule has 1 saturated carbocycles. The highest BCUT2D eigenvalue weighted by molar-refractivity contribution is 7.88. The molecule has 2 aliphatic carbocycles. The highest BCUT2D eigenvalue weighted by Gasteiger charge is 2.35. The average Bonchev–Trinajstić information content (AvgIpc) is 2.58. The molecule has 13 heavy (non-hydrogen) atoms. The second-order valence-electron chi connectivity index (χ2n) is 4.16. The van der Waals surface area contributed by atoms with Crippen molar-refractivity contribution in [1.82, 2.24) is 4.72 Å². The van der Waals surface area contributed by atoms with E-state index in [1.54, 1.807) is 0 Å². The third kappa shape index (κ3) is 2.11. The first-order chi connectivity index (χ1) is 6.04. The molecule has 2 rings (SSSR count). The minimum absolute atomic E-state index is 0.532. The zero-order valence-electron chi connectivity index (χ0n) is 7.73. The lowest BCUT2D eigenvalue weighted by Gasteiger charge is -2.17. The lowest BCUT2D eigenvalue weighted by Crippen LogP contribution is -2.29. The average molecular weight is 201 g/mol. The number of nitrogens with one attached hydrogen (secondary N) is 1. The second kappa shape index (κ2) is 3.10. The van der Waals surface area contributed by atoms with E-state index in [1.165, 1.54) is 12.7 Å². The lowest BCUT2D eigenvalue weighted by atomic mass is 9.94. The summed E-state index contributed by atoms with van der Waals surface area (Å²) in [5.74, 6) is 1.88. The van der Waals surface area contributed by atoms with Crippen molar-refractivity contribution in [3.63, 3.8) is 0 Å². The summed E-state index contributed by atoms with van der Waals surface area (Å²) in [5.41, 5.74) is 0. The fourth-order valence-corrected chi connectivity index (χ4v) is 2.90. The fourth-order valence-electron chi connectivity index (χ4n) is 2.39. The van der Waals surface area contributed by atoms with Crippen molar-refractivity contribution in [2.24, 2.45) is 17.8 Å². The largest absolute Gasteiger partial charge is 0.215 e. The summed E-state index contributed by atoms with van der Waals surface area (Å²) in [6.07, 6.45) is 8.11. The van der Waals surface area contributed by atoms with Gasteiger partial charge in [0.2, 0.25) is 10.0 Å². The van der Waals surface area contributed by atoms with Crippen LogP contribution in [0.15, 0.2) is 12.2 Å². The predicted octanol–water partition coefficient (Wildman–Crippen LogP) is 0.748. The lowest BCUT2D eigenvalue weighted by molar-refractivity contribution is 0.441. The van der Waals surface area contributed by atoms with Gasteiger partial charge < -0.3 is 0 Å². The number of allylic oxidation sites excluding steroid dienone is 2. The van der Waals surface area contributed by atoms with E-state index in [4.69, 9.17) is 0 Å². The van der Waals surface area contributed by atoms with E-state index >= 15 is 0 Å². The van der Waals surface area contributed by atoms with Gasteiger partial charge in [-0.15, -0.1) is 0 Å². The van der Waals surface area contributed by atoms with E-state index in [0.717, 1.165) is 12.3 Å². The molecule has 0 spiro atoms. The first kappa shape index (κ1) is 9.21. The summed E-state index contributed by atoms with van der Waals surface area (Å²) in [5, 5.41) is 0. The number of hydrogen-bond donors (Lipinski definition) is 1. The minimum atomic E-state index is -3.00. The van der Waals surface area contributed by atoms with Crippen molar-refractivity contribution in [2.45, 2.75) is 12.8 Å². The van der Waals surface area contributed by atoms with Gasteiger partial charge in [0.15, 0.2) is 0 Å². The Bertz CT molecular complexity index is 321. The van der Waals surface area contributed by atoms with Gasteiger partial charge in [-0.3, -0.25) is 0 Å². The molecule has 0 aromatic heterocycles. The van der Waals surface area contributed by atoms with Crippen molar-refractivity contribution in [2.75, 3.05) is 12.8 Å². The molecule has 0 saturated heterocycles. The molecule has 4 heteroatoms. The number of sulfonamides is 1. The van der Waals surface area contributed by atoms with Gasteiger partial charge in [0, 0.05) is 6.54 Å². The Hall–Kier alpha value is -0.350. The van der Waals surface area contributed by atoms with Gasteiger partial charge in [0.05, 0.1) is 6.26 Å². The molecular weight excluding hydrogens is 186 g/mol. The summed E-state index contributed by atoms with van der Waals surface area (Å²) >= 11 is 0. The topological polar surface area (TPSA) is 46.2 Å². The zero-order chi connectivity index (χ0) is 9.47. The normalized spacial score (nSPS) is 37.2. The van der Waals surface area contributed by atoms with E-state index in [9.17, 15) is 8.42 Å². The maximum absolute atomic E-state index is 10.9. The summed E-state index contributed by atoms with van der Waals surface area (Å²) in [7, 11) is -3.00. The molecule has 0 aromatic rings. The Morgan fingerprint density at radius 2 is 2.15 bits per heavy atom. The van der Waals surface area contributed by atoms with Crippen LogP contribution in [0.25, 0.3) is 0 Å². The third-order valence-electron chi connectivity index (χ3n) is 3.02. The predicted molar refractivity (Wildman–Crippen MR) is 51.7 cm³/mol. The Morgan fingerprint density at radius 3 is 2.62 bits per heavy atom. The molecule has 3 atom stereocenters. The van der Waals surface area contributed by atoms with Crippen LogP contribution in [0.2, 0.25) is 0 Å². The summed E-state index contributed by atoms with van der Waals surface area (Å²) < 4.78 is 24.3. The van der Waals surface area contributed by atoms with Crippen LogP contribution in [0, 0.1) is 17.8 Å². The second-order valence-corrected chi connectivity index (χ2v) is 5.99. The fraction of sp³-hybridized carbons (Fsp3) is 0.778. The van der Waals surface area contributed by atoms with Crippen LogP contribution in [0.1, 0.15) is 12.8 Å². The Kier molecular flexibility index (Phi) is 2.20. The molecule has 0 radical (unpaired) electrons. The number of rotatable bonds is 3. The van der Waals surface area contributed by atoms with Crippen LogP contribution in [-0.2, 0) is 10.0 Å². The van der Waals surface area contributed by atoms with Crippen LogP contribution in [-0.4, -0.2) is 21.2 Å². The SMILES string of the molecule is CS(=O)(=O)NC[C@@H]1C[C@@H]2C=C[C@H]1C2. The van der Waals surface area contributed by atoms with Crippen LogP contribution >= 0.6 is 0 Å². The van der Waals surface area contributed by atoms with Crippen molar-refractivity contribution in [1.29, 1.82) is 0 Å². The highest BCUT2D eigenvalue weighted by atomic mass is 32.2. The molecule has 1 N–H and O–H groups in total. The van der Waals surface area contributed by atoms with Crippen molar-refractivity contribution < 1.29 is 8.42 Å². The molecule has 1 fully saturated rings. The summed E-state index contributed by atoms with van der Waals surface area (Å²) in [6, 6.07) is 0. The molecule has 0 aliphatic heterocycles. The van der Waals surface area contributed by atoms with E-state index in [2.05, 4.69) is 16.9 Å². The third-order valence-corrected chi connectivity index (χ3v) is 3.72. The van der Waals surface area contributed by atoms with Gasteiger partial charge in [0.25, 0.3) is 0 Å². The molecule has 2 aliphatic rings. The molecule has 0 amide bonds. The van der Waals surface area contributed by atoms with Gasteiger partial charge in [-0.1, -0.05) is 12.2 Å². The van der Waals surface area contributed by atoms with Crippen molar-refractivity contribution >= 4 is 10.0 Å².